The van der Waals surface area contributed by atoms with Crippen LogP contribution in [0.15, 0.2) is 27.8 Å². The molecule has 0 aliphatic heterocycles. The van der Waals surface area contributed by atoms with Crippen LogP contribution in [0.2, 0.25) is 0 Å². The molecule has 0 aromatic carbocycles. The summed E-state index contributed by atoms with van der Waals surface area (Å²) in [5.41, 5.74) is -1.05. The van der Waals surface area contributed by atoms with E-state index in [-0.39, 0.29) is 24.0 Å². The molecule has 1 fully saturated rings. The highest BCUT2D eigenvalue weighted by atomic mass is 127. The molecule has 19 heavy (non-hydrogen) atoms. The molecule has 1 saturated carbocycles. The molecule has 0 amide bonds. The largest absolute Gasteiger partial charge is 0.466 e. The van der Waals surface area contributed by atoms with Gasteiger partial charge in [-0.05, 0) is 31.4 Å². The average Bonchev–Trinajstić information content (AvgIpc) is 2.85. The summed E-state index contributed by atoms with van der Waals surface area (Å²) in [4.78, 5) is 4.14. The Morgan fingerprint density at radius 3 is 2.79 bits per heavy atom. The maximum atomic E-state index is 10.3. The van der Waals surface area contributed by atoms with E-state index in [1.807, 2.05) is 0 Å². The molecule has 1 aromatic heterocycles. The third kappa shape index (κ3) is 4.38. The van der Waals surface area contributed by atoms with Crippen molar-refractivity contribution >= 4 is 29.9 Å². The van der Waals surface area contributed by atoms with Gasteiger partial charge in [-0.15, -0.1) is 24.0 Å². The molecule has 5 nitrogen and oxygen atoms in total. The molecule has 0 spiro atoms. The predicted octanol–water partition coefficient (Wildman–Crippen LogP) is 1.68. The third-order valence-electron chi connectivity index (χ3n) is 3.31. The van der Waals surface area contributed by atoms with E-state index in [1.54, 1.807) is 32.4 Å². The van der Waals surface area contributed by atoms with Crippen LogP contribution < -0.4 is 10.6 Å². The quantitative estimate of drug-likeness (QED) is 0.423. The number of nitrogens with one attached hydrogen (secondary N) is 2. The molecule has 3 atom stereocenters. The van der Waals surface area contributed by atoms with Crippen molar-refractivity contribution in [1.82, 2.24) is 10.6 Å². The van der Waals surface area contributed by atoms with E-state index in [0.717, 1.165) is 5.96 Å². The van der Waals surface area contributed by atoms with Crippen molar-refractivity contribution < 1.29 is 9.52 Å². The normalized spacial score (nSPS) is 25.2. The summed E-state index contributed by atoms with van der Waals surface area (Å²) in [7, 11) is 1.73. The average molecular weight is 379 g/mol. The monoisotopic (exact) mass is 379 g/mol. The summed E-state index contributed by atoms with van der Waals surface area (Å²) in [6.45, 7) is 4.26. The molecular weight excluding hydrogens is 357 g/mol. The van der Waals surface area contributed by atoms with E-state index in [1.165, 1.54) is 6.42 Å². The highest BCUT2D eigenvalue weighted by Gasteiger charge is 2.33. The summed E-state index contributed by atoms with van der Waals surface area (Å²) < 4.78 is 5.22. The summed E-state index contributed by atoms with van der Waals surface area (Å²) >= 11 is 0. The van der Waals surface area contributed by atoms with Crippen LogP contribution in [0.1, 0.15) is 26.0 Å². The van der Waals surface area contributed by atoms with Gasteiger partial charge in [0.05, 0.1) is 12.8 Å². The van der Waals surface area contributed by atoms with Crippen LogP contribution >= 0.6 is 24.0 Å². The first-order chi connectivity index (χ1) is 8.53. The van der Waals surface area contributed by atoms with Gasteiger partial charge in [-0.3, -0.25) is 4.99 Å². The van der Waals surface area contributed by atoms with Gasteiger partial charge in [0.1, 0.15) is 11.4 Å². The smallest absolute Gasteiger partial charge is 0.191 e. The molecular formula is C13H22IN3O2. The van der Waals surface area contributed by atoms with Gasteiger partial charge in [0.2, 0.25) is 0 Å². The number of aliphatic imine (C=N–C) groups is 1. The first-order valence-corrected chi connectivity index (χ1v) is 6.26. The summed E-state index contributed by atoms with van der Waals surface area (Å²) in [6.07, 6.45) is 2.73. The van der Waals surface area contributed by atoms with Crippen molar-refractivity contribution in [3.05, 3.63) is 24.2 Å². The minimum atomic E-state index is -1.05. The van der Waals surface area contributed by atoms with Gasteiger partial charge in [-0.1, -0.05) is 6.92 Å². The van der Waals surface area contributed by atoms with Crippen LogP contribution in [0.25, 0.3) is 0 Å². The fraction of sp³-hybridized carbons (Fsp3) is 0.615. The van der Waals surface area contributed by atoms with Crippen molar-refractivity contribution in [2.45, 2.75) is 31.9 Å². The van der Waals surface area contributed by atoms with Crippen molar-refractivity contribution in [3.63, 3.8) is 0 Å². The van der Waals surface area contributed by atoms with Crippen LogP contribution in [0.5, 0.6) is 0 Å². The van der Waals surface area contributed by atoms with Gasteiger partial charge in [-0.25, -0.2) is 0 Å². The molecule has 3 unspecified atom stereocenters. The molecule has 108 valence electrons. The molecule has 6 heteroatoms. The van der Waals surface area contributed by atoms with Gasteiger partial charge in [0, 0.05) is 13.1 Å². The number of aliphatic hydroxyl groups is 1. The Kier molecular flexibility index (Phi) is 5.66. The van der Waals surface area contributed by atoms with Gasteiger partial charge >= 0.3 is 0 Å². The lowest BCUT2D eigenvalue weighted by Crippen LogP contribution is -2.45. The zero-order valence-electron chi connectivity index (χ0n) is 11.5. The van der Waals surface area contributed by atoms with E-state index in [2.05, 4.69) is 22.5 Å². The molecule has 1 aliphatic carbocycles. The summed E-state index contributed by atoms with van der Waals surface area (Å²) in [5.74, 6) is 1.97. The molecule has 1 aliphatic rings. The molecule has 0 radical (unpaired) electrons. The first-order valence-electron chi connectivity index (χ1n) is 6.26. The SMILES string of the molecule is CN=C(NCC(C)(O)c1ccco1)NC1CC1C.I. The van der Waals surface area contributed by atoms with Crippen LogP contribution in [0.3, 0.4) is 0 Å². The lowest BCUT2D eigenvalue weighted by Gasteiger charge is -2.22. The Labute approximate surface area is 130 Å². The standard InChI is InChI=1S/C13H21N3O2.HI/c1-9-7-10(9)16-12(14-3)15-8-13(2,17)11-5-4-6-18-11;/h4-6,9-10,17H,7-8H2,1-3H3,(H2,14,15,16);1H. The summed E-state index contributed by atoms with van der Waals surface area (Å²) in [5, 5.41) is 16.7. The minimum Gasteiger partial charge on any atom is -0.466 e. The van der Waals surface area contributed by atoms with Gasteiger partial charge in [0.25, 0.3) is 0 Å². The number of furan rings is 1. The molecule has 1 aromatic rings. The number of rotatable bonds is 4. The second kappa shape index (κ2) is 6.60. The lowest BCUT2D eigenvalue weighted by atomic mass is 10.0. The fourth-order valence-corrected chi connectivity index (χ4v) is 1.82. The van der Waals surface area contributed by atoms with Crippen LogP contribution in [0.4, 0.5) is 0 Å². The van der Waals surface area contributed by atoms with Gasteiger partial charge in [0.15, 0.2) is 5.96 Å². The molecule has 3 N–H and O–H groups in total. The summed E-state index contributed by atoms with van der Waals surface area (Å²) in [6, 6.07) is 4.04. The third-order valence-corrected chi connectivity index (χ3v) is 3.31. The number of halogens is 1. The second-order valence-electron chi connectivity index (χ2n) is 5.14. The maximum Gasteiger partial charge on any atom is 0.191 e. The second-order valence-corrected chi connectivity index (χ2v) is 5.14. The lowest BCUT2D eigenvalue weighted by molar-refractivity contribution is 0.0386. The zero-order valence-corrected chi connectivity index (χ0v) is 13.8. The Morgan fingerprint density at radius 1 is 1.63 bits per heavy atom. The predicted molar refractivity (Wildman–Crippen MR) is 85.8 cm³/mol. The minimum absolute atomic E-state index is 0. The van der Waals surface area contributed by atoms with Crippen molar-refractivity contribution in [2.24, 2.45) is 10.9 Å². The Hall–Kier alpha value is -0.760. The van der Waals surface area contributed by atoms with Crippen LogP contribution in [-0.2, 0) is 5.60 Å². The highest BCUT2D eigenvalue weighted by Crippen LogP contribution is 2.28. The molecule has 0 bridgehead atoms. The number of hydrogen-bond acceptors (Lipinski definition) is 3. The van der Waals surface area contributed by atoms with Crippen LogP contribution in [-0.4, -0.2) is 30.7 Å². The van der Waals surface area contributed by atoms with Crippen LogP contribution in [0, 0.1) is 5.92 Å². The fourth-order valence-electron chi connectivity index (χ4n) is 1.82. The maximum absolute atomic E-state index is 10.3. The van der Waals surface area contributed by atoms with E-state index >= 15 is 0 Å². The molecule has 2 rings (SSSR count). The van der Waals surface area contributed by atoms with Gasteiger partial charge in [-0.2, -0.15) is 0 Å². The molecule has 1 heterocycles. The zero-order chi connectivity index (χ0) is 13.2. The van der Waals surface area contributed by atoms with E-state index in [4.69, 9.17) is 4.42 Å². The topological polar surface area (TPSA) is 69.8 Å². The number of guanidine groups is 1. The Balaban J connectivity index is 0.00000180. The highest BCUT2D eigenvalue weighted by molar-refractivity contribution is 14.0. The van der Waals surface area contributed by atoms with E-state index < -0.39 is 5.60 Å². The van der Waals surface area contributed by atoms with Crippen molar-refractivity contribution in [1.29, 1.82) is 0 Å². The number of hydrogen-bond donors (Lipinski definition) is 3. The van der Waals surface area contributed by atoms with E-state index in [0.29, 0.717) is 24.3 Å². The first kappa shape index (κ1) is 16.3. The Bertz CT molecular complexity index is 418. The van der Waals surface area contributed by atoms with Gasteiger partial charge < -0.3 is 20.2 Å². The van der Waals surface area contributed by atoms with Crippen molar-refractivity contribution in [3.8, 4) is 0 Å². The molecule has 0 saturated heterocycles. The number of nitrogens with zero attached hydrogens (tertiary/aromatic N) is 1. The van der Waals surface area contributed by atoms with E-state index in [9.17, 15) is 5.11 Å². The van der Waals surface area contributed by atoms with Crippen molar-refractivity contribution in [2.75, 3.05) is 13.6 Å². The Morgan fingerprint density at radius 2 is 2.32 bits per heavy atom.